The lowest BCUT2D eigenvalue weighted by Crippen LogP contribution is -2.48. The topological polar surface area (TPSA) is 72.2 Å². The van der Waals surface area contributed by atoms with Gasteiger partial charge in [0.05, 0.1) is 12.5 Å². The molecule has 25 heavy (non-hydrogen) atoms. The smallest absolute Gasteiger partial charge is 0.226 e. The molecular formula is C18H25N5O2. The van der Waals surface area contributed by atoms with Gasteiger partial charge in [-0.15, -0.1) is 0 Å². The minimum Gasteiger partial charge on any atom is -0.353 e. The third-order valence-corrected chi connectivity index (χ3v) is 5.00. The summed E-state index contributed by atoms with van der Waals surface area (Å²) < 4.78 is 3.88. The molecule has 0 radical (unpaired) electrons. The first kappa shape index (κ1) is 17.3. The van der Waals surface area contributed by atoms with E-state index in [1.165, 1.54) is 0 Å². The van der Waals surface area contributed by atoms with Crippen LogP contribution in [0, 0.1) is 5.92 Å². The van der Waals surface area contributed by atoms with Crippen LogP contribution >= 0.6 is 0 Å². The van der Waals surface area contributed by atoms with E-state index in [4.69, 9.17) is 0 Å². The van der Waals surface area contributed by atoms with Gasteiger partial charge < -0.3 is 19.4 Å². The predicted molar refractivity (Wildman–Crippen MR) is 93.3 cm³/mol. The molecule has 2 aromatic rings. The SMILES string of the molecule is CCN1C(=O)CC[C@H](C(=O)NCc2cccn2C)[C@H]1c1nccn1C. The van der Waals surface area contributed by atoms with Crippen LogP contribution in [0.2, 0.25) is 0 Å². The maximum Gasteiger partial charge on any atom is 0.226 e. The maximum absolute atomic E-state index is 12.9. The van der Waals surface area contributed by atoms with Crippen molar-refractivity contribution in [1.82, 2.24) is 24.3 Å². The summed E-state index contributed by atoms with van der Waals surface area (Å²) >= 11 is 0. The van der Waals surface area contributed by atoms with E-state index in [0.29, 0.717) is 25.9 Å². The standard InChI is InChI=1S/C18H25N5O2/c1-4-23-15(24)8-7-14(16(23)17-19-9-11-22(17)3)18(25)20-12-13-6-5-10-21(13)2/h5-6,9-11,14,16H,4,7-8,12H2,1-3H3,(H,20,25)/t14-,16-/m0/s1. The van der Waals surface area contributed by atoms with Crippen molar-refractivity contribution in [2.24, 2.45) is 20.0 Å². The van der Waals surface area contributed by atoms with Crippen LogP contribution in [0.25, 0.3) is 0 Å². The van der Waals surface area contributed by atoms with Crippen LogP contribution in [0.5, 0.6) is 0 Å². The number of aromatic nitrogens is 3. The minimum atomic E-state index is -0.320. The minimum absolute atomic E-state index is 0.0276. The summed E-state index contributed by atoms with van der Waals surface area (Å²) in [5.74, 6) is 0.523. The lowest BCUT2D eigenvalue weighted by molar-refractivity contribution is -0.143. The number of carbonyl (C=O) groups is 2. The van der Waals surface area contributed by atoms with Crippen molar-refractivity contribution in [2.45, 2.75) is 32.4 Å². The maximum atomic E-state index is 12.9. The number of aryl methyl sites for hydroxylation is 2. The van der Waals surface area contributed by atoms with Crippen LogP contribution in [0.1, 0.15) is 37.3 Å². The Balaban J connectivity index is 1.81. The number of nitrogens with zero attached hydrogens (tertiary/aromatic N) is 4. The van der Waals surface area contributed by atoms with Crippen LogP contribution in [-0.4, -0.2) is 37.4 Å². The summed E-state index contributed by atoms with van der Waals surface area (Å²) in [6.45, 7) is 2.99. The summed E-state index contributed by atoms with van der Waals surface area (Å²) in [5.41, 5.74) is 1.04. The van der Waals surface area contributed by atoms with Gasteiger partial charge in [0.25, 0.3) is 0 Å². The molecule has 3 heterocycles. The number of piperidine rings is 1. The van der Waals surface area contributed by atoms with E-state index in [1.54, 1.807) is 11.1 Å². The first-order valence-electron chi connectivity index (χ1n) is 8.67. The molecular weight excluding hydrogens is 318 g/mol. The van der Waals surface area contributed by atoms with Gasteiger partial charge in [0.2, 0.25) is 11.8 Å². The lowest BCUT2D eigenvalue weighted by atomic mass is 9.87. The van der Waals surface area contributed by atoms with E-state index in [9.17, 15) is 9.59 Å². The Kier molecular flexibility index (Phi) is 4.92. The molecule has 0 aliphatic carbocycles. The summed E-state index contributed by atoms with van der Waals surface area (Å²) in [7, 11) is 3.85. The number of rotatable bonds is 5. The average Bonchev–Trinajstić information content (AvgIpc) is 3.20. The summed E-state index contributed by atoms with van der Waals surface area (Å²) in [5, 5.41) is 3.03. The molecule has 1 N–H and O–H groups in total. The van der Waals surface area contributed by atoms with Crippen LogP contribution in [0.3, 0.4) is 0 Å². The van der Waals surface area contributed by atoms with Crippen molar-refractivity contribution in [3.8, 4) is 0 Å². The highest BCUT2D eigenvalue weighted by Gasteiger charge is 2.41. The zero-order valence-electron chi connectivity index (χ0n) is 15.0. The van der Waals surface area contributed by atoms with Gasteiger partial charge in [-0.2, -0.15) is 0 Å². The number of likely N-dealkylation sites (tertiary alicyclic amines) is 1. The Bertz CT molecular complexity index is 763. The second-order valence-corrected chi connectivity index (χ2v) is 6.49. The Labute approximate surface area is 147 Å². The van der Waals surface area contributed by atoms with Crippen molar-refractivity contribution in [3.05, 3.63) is 42.2 Å². The van der Waals surface area contributed by atoms with E-state index in [1.807, 2.05) is 54.7 Å². The molecule has 0 saturated carbocycles. The third kappa shape index (κ3) is 3.31. The van der Waals surface area contributed by atoms with Gasteiger partial charge >= 0.3 is 0 Å². The van der Waals surface area contributed by atoms with Crippen LogP contribution < -0.4 is 5.32 Å². The number of hydrogen-bond acceptors (Lipinski definition) is 3. The van der Waals surface area contributed by atoms with Crippen molar-refractivity contribution in [1.29, 1.82) is 0 Å². The van der Waals surface area contributed by atoms with Crippen LogP contribution in [0.15, 0.2) is 30.7 Å². The zero-order chi connectivity index (χ0) is 18.0. The fourth-order valence-corrected chi connectivity index (χ4v) is 3.57. The van der Waals surface area contributed by atoms with E-state index < -0.39 is 0 Å². The average molecular weight is 343 g/mol. The van der Waals surface area contributed by atoms with Gasteiger partial charge in [0.15, 0.2) is 0 Å². The van der Waals surface area contributed by atoms with Crippen molar-refractivity contribution >= 4 is 11.8 Å². The molecule has 0 unspecified atom stereocenters. The second kappa shape index (κ2) is 7.13. The molecule has 1 saturated heterocycles. The van der Waals surface area contributed by atoms with Crippen molar-refractivity contribution in [2.75, 3.05) is 6.54 Å². The van der Waals surface area contributed by atoms with Gasteiger partial charge in [-0.3, -0.25) is 9.59 Å². The molecule has 134 valence electrons. The Morgan fingerprint density at radius 1 is 1.32 bits per heavy atom. The second-order valence-electron chi connectivity index (χ2n) is 6.49. The number of hydrogen-bond donors (Lipinski definition) is 1. The summed E-state index contributed by atoms with van der Waals surface area (Å²) in [4.78, 5) is 31.4. The highest BCUT2D eigenvalue weighted by atomic mass is 16.2. The lowest BCUT2D eigenvalue weighted by Gasteiger charge is -2.39. The zero-order valence-corrected chi connectivity index (χ0v) is 15.0. The van der Waals surface area contributed by atoms with E-state index >= 15 is 0 Å². The van der Waals surface area contributed by atoms with Gasteiger partial charge in [0.1, 0.15) is 11.9 Å². The van der Waals surface area contributed by atoms with Gasteiger partial charge in [-0.25, -0.2) is 4.98 Å². The fraction of sp³-hybridized carbons (Fsp3) is 0.500. The van der Waals surface area contributed by atoms with Crippen molar-refractivity contribution in [3.63, 3.8) is 0 Å². The largest absolute Gasteiger partial charge is 0.353 e. The molecule has 0 bridgehead atoms. The summed E-state index contributed by atoms with van der Waals surface area (Å²) in [6, 6.07) is 3.62. The molecule has 1 aliphatic rings. The molecule has 7 heteroatoms. The van der Waals surface area contributed by atoms with Crippen LogP contribution in [0.4, 0.5) is 0 Å². The first-order chi connectivity index (χ1) is 12.0. The Morgan fingerprint density at radius 3 is 2.72 bits per heavy atom. The quantitative estimate of drug-likeness (QED) is 0.891. The van der Waals surface area contributed by atoms with Crippen molar-refractivity contribution < 1.29 is 9.59 Å². The highest BCUT2D eigenvalue weighted by molar-refractivity contribution is 5.84. The molecule has 2 atom stereocenters. The summed E-state index contributed by atoms with van der Waals surface area (Å²) in [6.07, 6.45) is 6.46. The van der Waals surface area contributed by atoms with Gasteiger partial charge in [0, 0.05) is 51.3 Å². The van der Waals surface area contributed by atoms with E-state index in [-0.39, 0.29) is 23.8 Å². The Morgan fingerprint density at radius 2 is 2.12 bits per heavy atom. The van der Waals surface area contributed by atoms with Gasteiger partial charge in [-0.1, -0.05) is 0 Å². The molecule has 2 amide bonds. The third-order valence-electron chi connectivity index (χ3n) is 5.00. The van der Waals surface area contributed by atoms with E-state index in [0.717, 1.165) is 11.5 Å². The van der Waals surface area contributed by atoms with Crippen LogP contribution in [-0.2, 0) is 30.2 Å². The molecule has 1 aliphatic heterocycles. The first-order valence-corrected chi connectivity index (χ1v) is 8.67. The van der Waals surface area contributed by atoms with Gasteiger partial charge in [-0.05, 0) is 25.5 Å². The predicted octanol–water partition coefficient (Wildman–Crippen LogP) is 1.37. The normalized spacial score (nSPS) is 20.8. The Hall–Kier alpha value is -2.57. The van der Waals surface area contributed by atoms with E-state index in [2.05, 4.69) is 10.3 Å². The fourth-order valence-electron chi connectivity index (χ4n) is 3.57. The molecule has 7 nitrogen and oxygen atoms in total. The molecule has 1 fully saturated rings. The number of amides is 2. The molecule has 2 aromatic heterocycles. The number of imidazole rings is 1. The molecule has 0 spiro atoms. The molecule has 0 aromatic carbocycles. The number of carbonyl (C=O) groups excluding carboxylic acids is 2. The monoisotopic (exact) mass is 343 g/mol. The number of nitrogens with one attached hydrogen (secondary N) is 1. The highest BCUT2D eigenvalue weighted by Crippen LogP contribution is 2.35. The molecule has 3 rings (SSSR count).